The van der Waals surface area contributed by atoms with E-state index >= 15 is 0 Å². The highest BCUT2D eigenvalue weighted by molar-refractivity contribution is 7.98. The van der Waals surface area contributed by atoms with Crippen molar-refractivity contribution in [1.29, 1.82) is 0 Å². The summed E-state index contributed by atoms with van der Waals surface area (Å²) in [4.78, 5) is 0. The molecule has 0 atom stereocenters. The summed E-state index contributed by atoms with van der Waals surface area (Å²) in [5.41, 5.74) is 2.58. The maximum absolute atomic E-state index is 4.39. The van der Waals surface area contributed by atoms with Crippen LogP contribution in [0.1, 0.15) is 23.9 Å². The molecule has 0 aliphatic carbocycles. The van der Waals surface area contributed by atoms with E-state index in [9.17, 15) is 0 Å². The first kappa shape index (κ1) is 14.9. The molecule has 2 aromatic carbocycles. The Morgan fingerprint density at radius 2 is 1.50 bits per heavy atom. The van der Waals surface area contributed by atoms with E-state index < -0.39 is 0 Å². The van der Waals surface area contributed by atoms with Crippen LogP contribution in [0.15, 0.2) is 65.8 Å². The fourth-order valence-electron chi connectivity index (χ4n) is 2.37. The molecule has 4 heteroatoms. The van der Waals surface area contributed by atoms with Gasteiger partial charge in [0.05, 0.1) is 0 Å². The molecule has 0 aliphatic rings. The van der Waals surface area contributed by atoms with Crippen LogP contribution in [0.5, 0.6) is 0 Å². The van der Waals surface area contributed by atoms with E-state index in [0.717, 1.165) is 29.7 Å². The van der Waals surface area contributed by atoms with Crippen LogP contribution in [0.2, 0.25) is 0 Å². The lowest BCUT2D eigenvalue weighted by Crippen LogP contribution is -2.04. The van der Waals surface area contributed by atoms with Crippen molar-refractivity contribution < 1.29 is 0 Å². The highest BCUT2D eigenvalue weighted by atomic mass is 32.2. The van der Waals surface area contributed by atoms with Crippen molar-refractivity contribution in [2.45, 2.75) is 30.8 Å². The Morgan fingerprint density at radius 3 is 2.14 bits per heavy atom. The molecule has 0 radical (unpaired) electrons. The first-order chi connectivity index (χ1) is 10.9. The molecule has 1 heterocycles. The molecule has 0 spiro atoms. The van der Waals surface area contributed by atoms with E-state index in [1.807, 2.05) is 12.1 Å². The molecule has 0 fully saturated rings. The van der Waals surface area contributed by atoms with Crippen LogP contribution in [0, 0.1) is 0 Å². The molecule has 0 N–H and O–H groups in total. The monoisotopic (exact) mass is 309 g/mol. The third-order valence-corrected chi connectivity index (χ3v) is 4.56. The molecule has 112 valence electrons. The van der Waals surface area contributed by atoms with Gasteiger partial charge >= 0.3 is 0 Å². The average Bonchev–Trinajstić information content (AvgIpc) is 2.96. The Morgan fingerprint density at radius 1 is 0.864 bits per heavy atom. The van der Waals surface area contributed by atoms with Gasteiger partial charge in [-0.2, -0.15) is 0 Å². The zero-order valence-corrected chi connectivity index (χ0v) is 13.5. The second-order valence-electron chi connectivity index (χ2n) is 5.08. The summed E-state index contributed by atoms with van der Waals surface area (Å²) >= 11 is 1.75. The molecule has 0 saturated carbocycles. The number of aromatic nitrogens is 3. The summed E-state index contributed by atoms with van der Waals surface area (Å²) < 4.78 is 2.21. The number of rotatable bonds is 6. The van der Waals surface area contributed by atoms with Crippen molar-refractivity contribution in [3.63, 3.8) is 0 Å². The van der Waals surface area contributed by atoms with Gasteiger partial charge in [-0.3, -0.25) is 0 Å². The minimum absolute atomic E-state index is 0.827. The summed E-state index contributed by atoms with van der Waals surface area (Å²) in [7, 11) is 0. The second-order valence-corrected chi connectivity index (χ2v) is 6.02. The van der Waals surface area contributed by atoms with Crippen LogP contribution in [0.25, 0.3) is 0 Å². The Kier molecular flexibility index (Phi) is 4.91. The van der Waals surface area contributed by atoms with Crippen molar-refractivity contribution >= 4 is 11.8 Å². The molecule has 1 aromatic heterocycles. The highest BCUT2D eigenvalue weighted by Crippen LogP contribution is 2.22. The maximum atomic E-state index is 4.39. The Hall–Kier alpha value is -2.07. The molecule has 22 heavy (non-hydrogen) atoms. The van der Waals surface area contributed by atoms with Gasteiger partial charge in [-0.05, 0) is 18.1 Å². The molecular weight excluding hydrogens is 290 g/mol. The zero-order valence-electron chi connectivity index (χ0n) is 12.6. The summed E-state index contributed by atoms with van der Waals surface area (Å²) in [5.74, 6) is 1.95. The number of nitrogens with zero attached hydrogens (tertiary/aromatic N) is 3. The molecule has 3 nitrogen and oxygen atoms in total. The first-order valence-electron chi connectivity index (χ1n) is 7.49. The third kappa shape index (κ3) is 3.57. The van der Waals surface area contributed by atoms with Gasteiger partial charge in [-0.25, -0.2) is 0 Å². The molecule has 0 saturated heterocycles. The number of hydrogen-bond donors (Lipinski definition) is 0. The summed E-state index contributed by atoms with van der Waals surface area (Å²) in [6.07, 6.45) is 0.827. The molecule has 0 unspecified atom stereocenters. The Bertz CT molecular complexity index is 708. The smallest absolute Gasteiger partial charge is 0.191 e. The number of hydrogen-bond acceptors (Lipinski definition) is 3. The maximum Gasteiger partial charge on any atom is 0.191 e. The van der Waals surface area contributed by atoms with Crippen LogP contribution in [0.3, 0.4) is 0 Å². The summed E-state index contributed by atoms with van der Waals surface area (Å²) in [6.45, 7) is 3.04. The largest absolute Gasteiger partial charge is 0.306 e. The van der Waals surface area contributed by atoms with Crippen molar-refractivity contribution in [1.82, 2.24) is 14.8 Å². The fourth-order valence-corrected chi connectivity index (χ4v) is 3.35. The minimum atomic E-state index is 0.827. The van der Waals surface area contributed by atoms with Crippen molar-refractivity contribution in [3.05, 3.63) is 77.6 Å². The SMILES string of the molecule is CCn1c(Cc2ccccc2)nnc1SCc1ccccc1. The Labute approximate surface area is 135 Å². The molecule has 0 bridgehead atoms. The van der Waals surface area contributed by atoms with E-state index in [0.29, 0.717) is 0 Å². The standard InChI is InChI=1S/C18H19N3S/c1-2-21-17(13-15-9-5-3-6-10-15)19-20-18(21)22-14-16-11-7-4-8-12-16/h3-12H,2,13-14H2,1H3. The van der Waals surface area contributed by atoms with E-state index in [-0.39, 0.29) is 0 Å². The first-order valence-corrected chi connectivity index (χ1v) is 8.48. The van der Waals surface area contributed by atoms with Crippen molar-refractivity contribution in [2.24, 2.45) is 0 Å². The lowest BCUT2D eigenvalue weighted by atomic mass is 10.1. The minimum Gasteiger partial charge on any atom is -0.306 e. The number of thioether (sulfide) groups is 1. The van der Waals surface area contributed by atoms with Crippen LogP contribution in [-0.2, 0) is 18.7 Å². The van der Waals surface area contributed by atoms with E-state index in [1.165, 1.54) is 11.1 Å². The van der Waals surface area contributed by atoms with Crippen LogP contribution >= 0.6 is 11.8 Å². The number of benzene rings is 2. The van der Waals surface area contributed by atoms with Gasteiger partial charge in [-0.1, -0.05) is 72.4 Å². The summed E-state index contributed by atoms with van der Waals surface area (Å²) in [5, 5.41) is 9.76. The van der Waals surface area contributed by atoms with Gasteiger partial charge in [0.15, 0.2) is 5.16 Å². The Balaban J connectivity index is 1.73. The molecular formula is C18H19N3S. The molecule has 3 rings (SSSR count). The van der Waals surface area contributed by atoms with Crippen molar-refractivity contribution in [2.75, 3.05) is 0 Å². The van der Waals surface area contributed by atoms with Crippen molar-refractivity contribution in [3.8, 4) is 0 Å². The normalized spacial score (nSPS) is 10.8. The van der Waals surface area contributed by atoms with Gasteiger partial charge in [0.25, 0.3) is 0 Å². The van der Waals surface area contributed by atoms with Gasteiger partial charge in [-0.15, -0.1) is 10.2 Å². The average molecular weight is 309 g/mol. The fraction of sp³-hybridized carbons (Fsp3) is 0.222. The zero-order chi connectivity index (χ0) is 15.2. The highest BCUT2D eigenvalue weighted by Gasteiger charge is 2.11. The van der Waals surface area contributed by atoms with Crippen LogP contribution in [0.4, 0.5) is 0 Å². The summed E-state index contributed by atoms with van der Waals surface area (Å²) in [6, 6.07) is 20.9. The predicted octanol–water partition coefficient (Wildman–Crippen LogP) is 4.18. The topological polar surface area (TPSA) is 30.7 Å². The van der Waals surface area contributed by atoms with Gasteiger partial charge in [0.2, 0.25) is 0 Å². The quantitative estimate of drug-likeness (QED) is 0.640. The van der Waals surface area contributed by atoms with E-state index in [2.05, 4.69) is 70.2 Å². The predicted molar refractivity (Wildman–Crippen MR) is 90.9 cm³/mol. The molecule has 0 aliphatic heterocycles. The third-order valence-electron chi connectivity index (χ3n) is 3.53. The van der Waals surface area contributed by atoms with Gasteiger partial charge in [0.1, 0.15) is 5.82 Å². The van der Waals surface area contributed by atoms with E-state index in [4.69, 9.17) is 0 Å². The van der Waals surface area contributed by atoms with Crippen LogP contribution in [-0.4, -0.2) is 14.8 Å². The lowest BCUT2D eigenvalue weighted by Gasteiger charge is -2.07. The van der Waals surface area contributed by atoms with Gasteiger partial charge < -0.3 is 4.57 Å². The molecule has 0 amide bonds. The second kappa shape index (κ2) is 7.27. The molecule has 3 aromatic rings. The van der Waals surface area contributed by atoms with E-state index in [1.54, 1.807) is 11.8 Å². The van der Waals surface area contributed by atoms with Crippen LogP contribution < -0.4 is 0 Å². The lowest BCUT2D eigenvalue weighted by molar-refractivity contribution is 0.651. The van der Waals surface area contributed by atoms with Gasteiger partial charge in [0, 0.05) is 18.7 Å².